The molecule has 0 saturated carbocycles. The predicted molar refractivity (Wildman–Crippen MR) is 270 cm³/mol. The van der Waals surface area contributed by atoms with Crippen LogP contribution in [0.1, 0.15) is 116 Å². The van der Waals surface area contributed by atoms with E-state index in [9.17, 15) is 42.3 Å². The van der Waals surface area contributed by atoms with E-state index < -0.39 is 69.8 Å². The molecule has 0 aliphatic carbocycles. The van der Waals surface area contributed by atoms with Crippen molar-refractivity contribution >= 4 is 45.6 Å². The van der Waals surface area contributed by atoms with Crippen molar-refractivity contribution in [3.63, 3.8) is 0 Å². The zero-order valence-electron chi connectivity index (χ0n) is 42.8. The number of carbonyl (C=O) groups excluding carboxylic acids is 6. The number of likely N-dealkylation sites (N-methyl/N-ethyl adjacent to an activating group) is 1. The summed E-state index contributed by atoms with van der Waals surface area (Å²) in [5.74, 6) is -4.16. The second-order valence-electron chi connectivity index (χ2n) is 19.4. The third-order valence-corrected chi connectivity index (χ3v) is 13.5. The molecule has 0 bridgehead atoms. The van der Waals surface area contributed by atoms with E-state index in [-0.39, 0.29) is 80.7 Å². The number of nitrogens with zero attached hydrogens (tertiary/aromatic N) is 4. The number of carbonyl (C=O) groups is 6. The Labute approximate surface area is 420 Å². The van der Waals surface area contributed by atoms with Crippen molar-refractivity contribution in [1.29, 1.82) is 0 Å². The minimum absolute atomic E-state index is 0.00415. The first-order chi connectivity index (χ1) is 33.6. The Kier molecular flexibility index (Phi) is 25.4. The predicted octanol–water partition coefficient (Wildman–Crippen LogP) is 3.99. The third kappa shape index (κ3) is 21.7. The molecule has 3 aromatic rings. The number of aliphatic hydroxyl groups is 1. The van der Waals surface area contributed by atoms with E-state index in [4.69, 9.17) is 4.55 Å². The van der Waals surface area contributed by atoms with Crippen LogP contribution < -0.4 is 21.3 Å². The summed E-state index contributed by atoms with van der Waals surface area (Å²) < 4.78 is 31.0. The maximum Gasteiger partial charge on any atom is 0.266 e. The lowest BCUT2D eigenvalue weighted by atomic mass is 9.85. The average Bonchev–Trinajstić information content (AvgIpc) is 3.86. The van der Waals surface area contributed by atoms with Crippen LogP contribution >= 0.6 is 0 Å². The van der Waals surface area contributed by atoms with Gasteiger partial charge in [-0.2, -0.15) is 8.42 Å². The van der Waals surface area contributed by atoms with E-state index in [1.807, 2.05) is 77.9 Å². The summed E-state index contributed by atoms with van der Waals surface area (Å²) in [7, 11) is -1.22. The number of unbranched alkanes of at least 4 members (excludes halogenated alkanes) is 3. The largest absolute Gasteiger partial charge is 0.391 e. The quantitative estimate of drug-likeness (QED) is 0.0346. The van der Waals surface area contributed by atoms with E-state index in [1.165, 1.54) is 30.2 Å². The van der Waals surface area contributed by atoms with Crippen LogP contribution in [-0.4, -0.2) is 135 Å². The molecule has 2 heterocycles. The van der Waals surface area contributed by atoms with Crippen molar-refractivity contribution < 1.29 is 46.8 Å². The minimum atomic E-state index is -4.19. The Morgan fingerprint density at radius 1 is 0.803 bits per heavy atom. The van der Waals surface area contributed by atoms with Gasteiger partial charge >= 0.3 is 0 Å². The molecule has 0 saturated heterocycles. The number of nitrogens with one attached hydrogen (secondary N) is 5. The lowest BCUT2D eigenvalue weighted by molar-refractivity contribution is -0.142. The highest BCUT2D eigenvalue weighted by molar-refractivity contribution is 7.85. The monoisotopic (exact) mass is 1010 g/mol. The van der Waals surface area contributed by atoms with Crippen LogP contribution in [0.25, 0.3) is 0 Å². The number of hydrogen-bond acceptors (Lipinski definition) is 11. The number of aromatic nitrogens is 3. The van der Waals surface area contributed by atoms with Crippen molar-refractivity contribution in [3.05, 3.63) is 84.2 Å². The van der Waals surface area contributed by atoms with Gasteiger partial charge in [-0.3, -0.25) is 38.3 Å². The standard InChI is InChI=1S/C51H79N9O10S/c1-9-36(6)47(50(66)54-32-38-21-17-18-24-53-38)58-48(64)40(35(4)5)30-44(61)41(27-34(2)3)57-49(65)43(29-39-31-52-33-55-39)60(8)51(67)42(28-37-19-13-12-14-20-37)56-45(62)22-15-10-11-16-23-46(63)59(7)25-26-71(68,69)70/h12-14,17-21,24,31,33-36,40-44,47,61H,9-11,15-16,22-23,25-30,32H2,1-8H3,(H,52,55)(H,54,66)(H,56,62)(H,57,65)(H,58,64)(H,68,69,70)/t36-,40-,41-,42-,43-,44-,47-/m0/s1. The van der Waals surface area contributed by atoms with E-state index >= 15 is 0 Å². The maximum absolute atomic E-state index is 14.6. The van der Waals surface area contributed by atoms with Crippen molar-refractivity contribution in [2.24, 2.45) is 23.7 Å². The molecule has 0 aliphatic rings. The highest BCUT2D eigenvalue weighted by Crippen LogP contribution is 2.24. The fourth-order valence-electron chi connectivity index (χ4n) is 8.17. The molecular weight excluding hydrogens is 931 g/mol. The molecule has 394 valence electrons. The average molecular weight is 1010 g/mol. The normalized spacial score (nSPS) is 14.6. The zero-order valence-corrected chi connectivity index (χ0v) is 43.6. The fraction of sp³-hybridized carbons (Fsp3) is 0.608. The van der Waals surface area contributed by atoms with Crippen LogP contribution in [0.2, 0.25) is 0 Å². The minimum Gasteiger partial charge on any atom is -0.391 e. The Morgan fingerprint density at radius 2 is 1.48 bits per heavy atom. The summed E-state index contributed by atoms with van der Waals surface area (Å²) >= 11 is 0. The molecule has 1 aromatic carbocycles. The van der Waals surface area contributed by atoms with Gasteiger partial charge in [0.25, 0.3) is 10.1 Å². The van der Waals surface area contributed by atoms with Gasteiger partial charge in [-0.05, 0) is 61.1 Å². The van der Waals surface area contributed by atoms with Gasteiger partial charge in [0, 0.05) is 70.3 Å². The number of pyridine rings is 1. The summed E-state index contributed by atoms with van der Waals surface area (Å²) in [4.78, 5) is 96.6. The summed E-state index contributed by atoms with van der Waals surface area (Å²) in [5, 5.41) is 23.8. The molecule has 0 unspecified atom stereocenters. The maximum atomic E-state index is 14.6. The Balaban J connectivity index is 1.76. The molecule has 0 spiro atoms. The van der Waals surface area contributed by atoms with Crippen LogP contribution in [0.3, 0.4) is 0 Å². The van der Waals surface area contributed by atoms with Crippen LogP contribution in [0.15, 0.2) is 67.3 Å². The van der Waals surface area contributed by atoms with Crippen LogP contribution in [-0.2, 0) is 58.3 Å². The molecule has 20 heteroatoms. The van der Waals surface area contributed by atoms with Crippen molar-refractivity contribution in [2.45, 2.75) is 149 Å². The Hall–Kier alpha value is -5.73. The molecule has 7 N–H and O–H groups in total. The van der Waals surface area contributed by atoms with E-state index in [0.717, 1.165) is 5.56 Å². The molecule has 6 amide bonds. The van der Waals surface area contributed by atoms with Crippen LogP contribution in [0.5, 0.6) is 0 Å². The fourth-order valence-corrected chi connectivity index (χ4v) is 8.67. The first-order valence-corrected chi connectivity index (χ1v) is 26.4. The molecular formula is C51H79N9O10S. The van der Waals surface area contributed by atoms with Crippen molar-refractivity contribution in [3.8, 4) is 0 Å². The van der Waals surface area contributed by atoms with Crippen molar-refractivity contribution in [2.75, 3.05) is 26.4 Å². The lowest BCUT2D eigenvalue weighted by Gasteiger charge is -2.34. The third-order valence-electron chi connectivity index (χ3n) is 12.8. The number of aliphatic hydroxyl groups excluding tert-OH is 1. The zero-order chi connectivity index (χ0) is 52.7. The van der Waals surface area contributed by atoms with Gasteiger partial charge in [0.1, 0.15) is 18.1 Å². The number of benzene rings is 1. The highest BCUT2D eigenvalue weighted by atomic mass is 32.2. The number of H-pyrrole nitrogens is 1. The molecule has 71 heavy (non-hydrogen) atoms. The molecule has 3 rings (SSSR count). The smallest absolute Gasteiger partial charge is 0.266 e. The number of imidazole rings is 1. The first kappa shape index (κ1) is 59.6. The Bertz CT molecular complexity index is 2220. The van der Waals surface area contributed by atoms with E-state index in [1.54, 1.807) is 24.5 Å². The SMILES string of the molecule is CC[C@H](C)[C@H](NC(=O)[C@@H](C[C@H](O)[C@H](CC(C)C)NC(=O)[C@H](Cc1cnc[nH]1)N(C)C(=O)[C@H](Cc1ccccc1)NC(=O)CCCCCCC(=O)N(C)CCS(=O)(=O)O)C(C)C)C(=O)NCc1ccccn1. The second kappa shape index (κ2) is 30.2. The van der Waals surface area contributed by atoms with Gasteiger partial charge in [0.2, 0.25) is 35.4 Å². The Morgan fingerprint density at radius 3 is 2.07 bits per heavy atom. The second-order valence-corrected chi connectivity index (χ2v) is 21.0. The van der Waals surface area contributed by atoms with Crippen LogP contribution in [0.4, 0.5) is 0 Å². The summed E-state index contributed by atoms with van der Waals surface area (Å²) in [6.07, 6.45) is 7.10. The molecule has 0 aliphatic heterocycles. The highest BCUT2D eigenvalue weighted by Gasteiger charge is 2.37. The topological polar surface area (TPSA) is 273 Å². The first-order valence-electron chi connectivity index (χ1n) is 24.8. The van der Waals surface area contributed by atoms with Gasteiger partial charge in [-0.25, -0.2) is 4.98 Å². The van der Waals surface area contributed by atoms with Gasteiger partial charge in [0.15, 0.2) is 0 Å². The molecule has 7 atom stereocenters. The number of rotatable bonds is 32. The molecule has 19 nitrogen and oxygen atoms in total. The van der Waals surface area contributed by atoms with Crippen molar-refractivity contribution in [1.82, 2.24) is 46.0 Å². The van der Waals surface area contributed by atoms with Gasteiger partial charge in [-0.1, -0.05) is 97.2 Å². The van der Waals surface area contributed by atoms with E-state index in [0.29, 0.717) is 49.9 Å². The lowest BCUT2D eigenvalue weighted by Crippen LogP contribution is -2.58. The summed E-state index contributed by atoms with van der Waals surface area (Å²) in [5.41, 5.74) is 2.02. The van der Waals surface area contributed by atoms with Gasteiger partial charge in [-0.15, -0.1) is 0 Å². The summed E-state index contributed by atoms with van der Waals surface area (Å²) in [6, 6.07) is 10.7. The number of amides is 6. The molecule has 0 radical (unpaired) electrons. The summed E-state index contributed by atoms with van der Waals surface area (Å²) in [6.45, 7) is 11.5. The number of aromatic amines is 1. The van der Waals surface area contributed by atoms with Gasteiger partial charge < -0.3 is 41.2 Å². The van der Waals surface area contributed by atoms with Crippen LogP contribution in [0, 0.1) is 23.7 Å². The molecule has 2 aromatic heterocycles. The van der Waals surface area contributed by atoms with E-state index in [2.05, 4.69) is 36.2 Å². The number of hydrogen-bond donors (Lipinski definition) is 7. The molecule has 0 fully saturated rings. The van der Waals surface area contributed by atoms with Gasteiger partial charge in [0.05, 0.1) is 36.5 Å².